The first-order valence-corrected chi connectivity index (χ1v) is 11.0. The molecule has 0 saturated heterocycles. The van der Waals surface area contributed by atoms with Crippen molar-refractivity contribution in [3.8, 4) is 5.75 Å². The molecule has 0 aliphatic carbocycles. The summed E-state index contributed by atoms with van der Waals surface area (Å²) < 4.78 is 1.87. The van der Waals surface area contributed by atoms with Gasteiger partial charge in [-0.1, -0.05) is 45.7 Å². The molecule has 1 heterocycles. The Kier molecular flexibility index (Phi) is 6.58. The lowest BCUT2D eigenvalue weighted by atomic mass is 9.88. The van der Waals surface area contributed by atoms with E-state index >= 15 is 0 Å². The van der Waals surface area contributed by atoms with E-state index in [2.05, 4.69) is 13.8 Å². The largest absolute Gasteiger partial charge is 0.358 e. The fourth-order valence-electron chi connectivity index (χ4n) is 4.02. The van der Waals surface area contributed by atoms with Crippen molar-refractivity contribution >= 4 is 37.5 Å². The van der Waals surface area contributed by atoms with Crippen molar-refractivity contribution in [2.45, 2.75) is 53.9 Å². The average Bonchev–Trinajstić information content (AvgIpc) is 2.68. The molecule has 2 atom stereocenters. The first-order valence-electron chi connectivity index (χ1n) is 10.2. The highest BCUT2D eigenvalue weighted by atomic mass is 32.1. The number of rotatable bonds is 7. The summed E-state index contributed by atoms with van der Waals surface area (Å²) in [6.07, 6.45) is 2.70. The molecule has 0 N–H and O–H groups in total. The van der Waals surface area contributed by atoms with E-state index in [4.69, 9.17) is 9.78 Å². The molecule has 4 nitrogen and oxygen atoms in total. The zero-order valence-electron chi connectivity index (χ0n) is 17.7. The van der Waals surface area contributed by atoms with Crippen LogP contribution < -0.4 is 10.3 Å². The van der Waals surface area contributed by atoms with Gasteiger partial charge in [0.15, 0.2) is 11.2 Å². The Bertz CT molecular complexity index is 1100. The van der Waals surface area contributed by atoms with Crippen LogP contribution >= 0.6 is 11.3 Å². The van der Waals surface area contributed by atoms with E-state index in [0.717, 1.165) is 27.8 Å². The van der Waals surface area contributed by atoms with Crippen molar-refractivity contribution in [2.24, 2.45) is 11.8 Å². The summed E-state index contributed by atoms with van der Waals surface area (Å²) in [5, 5.41) is 1.32. The van der Waals surface area contributed by atoms with Gasteiger partial charge in [0.1, 0.15) is 0 Å². The van der Waals surface area contributed by atoms with Gasteiger partial charge in [-0.2, -0.15) is 0 Å². The van der Waals surface area contributed by atoms with Crippen LogP contribution in [0.5, 0.6) is 5.75 Å². The molecule has 2 aromatic carbocycles. The Morgan fingerprint density at radius 1 is 1.14 bits per heavy atom. The lowest BCUT2D eigenvalue weighted by Gasteiger charge is -2.20. The number of fused-ring (bicyclic) bond motifs is 2. The van der Waals surface area contributed by atoms with Crippen LogP contribution in [-0.4, -0.2) is 5.97 Å². The third kappa shape index (κ3) is 4.15. The van der Waals surface area contributed by atoms with Gasteiger partial charge in [0, 0.05) is 25.7 Å². The molecule has 2 unspecified atom stereocenters. The molecule has 3 rings (SSSR count). The minimum atomic E-state index is -0.351. The predicted octanol–water partition coefficient (Wildman–Crippen LogP) is 6.33. The highest BCUT2D eigenvalue weighted by Gasteiger charge is 2.26. The van der Waals surface area contributed by atoms with Gasteiger partial charge in [0.2, 0.25) is 0 Å². The molecule has 5 heteroatoms. The molecular weight excluding hydrogens is 384 g/mol. The van der Waals surface area contributed by atoms with Gasteiger partial charge in [-0.15, -0.1) is 11.3 Å². The van der Waals surface area contributed by atoms with E-state index in [1.807, 2.05) is 51.1 Å². The van der Waals surface area contributed by atoms with Gasteiger partial charge in [0.05, 0.1) is 5.92 Å². The highest BCUT2D eigenvalue weighted by molar-refractivity contribution is 7.24. The molecule has 0 bridgehead atoms. The summed E-state index contributed by atoms with van der Waals surface area (Å²) in [7, 11) is 0. The van der Waals surface area contributed by atoms with E-state index in [1.54, 1.807) is 11.3 Å². The van der Waals surface area contributed by atoms with E-state index in [0.29, 0.717) is 28.5 Å². The maximum absolute atomic E-state index is 13.1. The second-order valence-corrected chi connectivity index (χ2v) is 8.80. The van der Waals surface area contributed by atoms with Crippen LogP contribution in [0.4, 0.5) is 0 Å². The monoisotopic (exact) mass is 412 g/mol. The topological polar surface area (TPSA) is 52.6 Å². The predicted molar refractivity (Wildman–Crippen MR) is 120 cm³/mol. The second kappa shape index (κ2) is 8.95. The van der Waals surface area contributed by atoms with Crippen LogP contribution in [-0.2, 0) is 9.68 Å². The molecule has 0 spiro atoms. The Morgan fingerprint density at radius 3 is 2.55 bits per heavy atom. The quantitative estimate of drug-likeness (QED) is 0.258. The number of carbonyl (C=O) groups is 1. The van der Waals surface area contributed by atoms with Crippen molar-refractivity contribution in [1.29, 1.82) is 0 Å². The summed E-state index contributed by atoms with van der Waals surface area (Å²) >= 11 is 1.58. The van der Waals surface area contributed by atoms with Crippen LogP contribution in [0.3, 0.4) is 0 Å². The van der Waals surface area contributed by atoms with Crippen molar-refractivity contribution < 1.29 is 14.6 Å². The van der Waals surface area contributed by atoms with Crippen molar-refractivity contribution in [2.75, 3.05) is 0 Å². The standard InChI is InChI=1S/C24H28O4S/c1-6-10-14(3)17(7-2)24(26)28-27-23-15(4)13-20-21(16(23)5)22(25)18-11-8-9-12-19(18)29-20/h8-9,11-14,17H,6-7,10H2,1-5H3. The van der Waals surface area contributed by atoms with Crippen LogP contribution in [0.25, 0.3) is 20.2 Å². The molecule has 0 fully saturated rings. The molecule has 0 radical (unpaired) electrons. The van der Waals surface area contributed by atoms with Crippen LogP contribution in [0.2, 0.25) is 0 Å². The molecule has 154 valence electrons. The number of aryl methyl sites for hydroxylation is 2. The zero-order valence-corrected chi connectivity index (χ0v) is 18.5. The minimum absolute atomic E-state index is 0.0222. The van der Waals surface area contributed by atoms with Crippen LogP contribution in [0, 0.1) is 25.7 Å². The summed E-state index contributed by atoms with van der Waals surface area (Å²) in [6, 6.07) is 9.54. The van der Waals surface area contributed by atoms with Gasteiger partial charge < -0.3 is 0 Å². The fourth-order valence-corrected chi connectivity index (χ4v) is 5.26. The molecule has 29 heavy (non-hydrogen) atoms. The third-order valence-corrected chi connectivity index (χ3v) is 6.74. The third-order valence-electron chi connectivity index (χ3n) is 5.63. The SMILES string of the molecule is CCCC(C)C(CC)C(=O)OOc1c(C)cc2sc3ccccc3c(=O)c2c1C. The molecule has 0 aliphatic rings. The molecule has 0 aliphatic heterocycles. The Balaban J connectivity index is 1.96. The van der Waals surface area contributed by atoms with E-state index in [1.165, 1.54) is 0 Å². The zero-order chi connectivity index (χ0) is 21.1. The van der Waals surface area contributed by atoms with E-state index in [9.17, 15) is 9.59 Å². The molecule has 1 aromatic heterocycles. The van der Waals surface area contributed by atoms with Crippen molar-refractivity contribution in [3.63, 3.8) is 0 Å². The van der Waals surface area contributed by atoms with Gasteiger partial charge in [-0.05, 0) is 49.9 Å². The van der Waals surface area contributed by atoms with E-state index < -0.39 is 0 Å². The van der Waals surface area contributed by atoms with Crippen LogP contribution in [0.1, 0.15) is 51.2 Å². The minimum Gasteiger partial charge on any atom is -0.288 e. The lowest BCUT2D eigenvalue weighted by Crippen LogP contribution is -2.25. The maximum Gasteiger partial charge on any atom is 0.358 e. The Hall–Kier alpha value is -2.40. The Labute approximate surface area is 175 Å². The summed E-state index contributed by atoms with van der Waals surface area (Å²) in [5.41, 5.74) is 1.52. The molecular formula is C24H28O4S. The van der Waals surface area contributed by atoms with Crippen molar-refractivity contribution in [3.05, 3.63) is 51.7 Å². The average molecular weight is 413 g/mol. The normalized spacial score (nSPS) is 13.4. The summed E-state index contributed by atoms with van der Waals surface area (Å²) in [4.78, 5) is 36.4. The fraction of sp³-hybridized carbons (Fsp3) is 0.417. The van der Waals surface area contributed by atoms with E-state index in [-0.39, 0.29) is 23.2 Å². The lowest BCUT2D eigenvalue weighted by molar-refractivity contribution is -0.221. The second-order valence-electron chi connectivity index (χ2n) is 7.71. The first kappa shape index (κ1) is 21.3. The highest BCUT2D eigenvalue weighted by Crippen LogP contribution is 2.34. The smallest absolute Gasteiger partial charge is 0.288 e. The number of hydrogen-bond acceptors (Lipinski definition) is 5. The van der Waals surface area contributed by atoms with Gasteiger partial charge in [-0.3, -0.25) is 14.6 Å². The van der Waals surface area contributed by atoms with Gasteiger partial charge in [-0.25, -0.2) is 4.79 Å². The summed E-state index contributed by atoms with van der Waals surface area (Å²) in [5.74, 6) is 0.137. The molecule has 0 saturated carbocycles. The van der Waals surface area contributed by atoms with Crippen LogP contribution in [0.15, 0.2) is 35.1 Å². The number of benzene rings is 2. The van der Waals surface area contributed by atoms with Gasteiger partial charge in [0.25, 0.3) is 0 Å². The number of carbonyl (C=O) groups excluding carboxylic acids is 1. The molecule has 3 aromatic rings. The molecule has 0 amide bonds. The first-order chi connectivity index (χ1) is 13.9. The van der Waals surface area contributed by atoms with Crippen molar-refractivity contribution in [1.82, 2.24) is 0 Å². The summed E-state index contributed by atoms with van der Waals surface area (Å²) in [6.45, 7) is 9.91. The van der Waals surface area contributed by atoms with Gasteiger partial charge >= 0.3 is 5.97 Å². The Morgan fingerprint density at radius 2 is 1.86 bits per heavy atom. The maximum atomic E-state index is 13.1. The number of hydrogen-bond donors (Lipinski definition) is 0.